The molecule has 0 radical (unpaired) electrons. The van der Waals surface area contributed by atoms with E-state index in [0.29, 0.717) is 6.54 Å². The van der Waals surface area contributed by atoms with Crippen LogP contribution in [0.3, 0.4) is 0 Å². The quantitative estimate of drug-likeness (QED) is 0.730. The van der Waals surface area contributed by atoms with Crippen molar-refractivity contribution in [2.45, 2.75) is 33.4 Å². The van der Waals surface area contributed by atoms with Gasteiger partial charge in [-0.25, -0.2) is 9.97 Å². The number of hydrogen-bond donors (Lipinski definition) is 0. The Balaban J connectivity index is 1.61. The van der Waals surface area contributed by atoms with Gasteiger partial charge in [-0.05, 0) is 47.4 Å². The number of tetrazole rings is 1. The van der Waals surface area contributed by atoms with Crippen molar-refractivity contribution in [2.24, 2.45) is 0 Å². The molecule has 1 aliphatic heterocycles. The molecule has 0 saturated carbocycles. The first kappa shape index (κ1) is 14.9. The van der Waals surface area contributed by atoms with Crippen LogP contribution in [-0.4, -0.2) is 41.6 Å². The molecular weight excluding hydrogens is 302 g/mol. The van der Waals surface area contributed by atoms with E-state index in [2.05, 4.69) is 62.4 Å². The Bertz CT molecular complexity index is 851. The van der Waals surface area contributed by atoms with Gasteiger partial charge in [-0.2, -0.15) is 4.68 Å². The molecule has 122 valence electrons. The summed E-state index contributed by atoms with van der Waals surface area (Å²) >= 11 is 0. The van der Waals surface area contributed by atoms with Crippen LogP contribution >= 0.6 is 0 Å². The van der Waals surface area contributed by atoms with Gasteiger partial charge in [0.2, 0.25) is 0 Å². The second kappa shape index (κ2) is 6.09. The fourth-order valence-electron chi connectivity index (χ4n) is 3.26. The second-order valence-corrected chi connectivity index (χ2v) is 6.20. The smallest absolute Gasteiger partial charge is 0.170 e. The summed E-state index contributed by atoms with van der Waals surface area (Å²) in [6.07, 6.45) is 4.49. The van der Waals surface area contributed by atoms with Crippen LogP contribution in [0.4, 0.5) is 0 Å². The van der Waals surface area contributed by atoms with Crippen LogP contribution in [0.15, 0.2) is 30.7 Å². The molecule has 0 fully saturated rings. The lowest BCUT2D eigenvalue weighted by Gasteiger charge is -2.27. The topological polar surface area (TPSA) is 72.6 Å². The van der Waals surface area contributed by atoms with Crippen LogP contribution in [0.5, 0.6) is 0 Å². The van der Waals surface area contributed by atoms with Gasteiger partial charge in [0.05, 0.1) is 17.9 Å². The summed E-state index contributed by atoms with van der Waals surface area (Å²) in [7, 11) is 0. The summed E-state index contributed by atoms with van der Waals surface area (Å²) in [6.45, 7) is 6.63. The molecule has 1 aromatic carbocycles. The third-order valence-corrected chi connectivity index (χ3v) is 4.50. The zero-order chi connectivity index (χ0) is 16.5. The summed E-state index contributed by atoms with van der Waals surface area (Å²) in [4.78, 5) is 10.8. The minimum absolute atomic E-state index is 0.699. The van der Waals surface area contributed by atoms with Crippen molar-refractivity contribution in [2.75, 3.05) is 6.54 Å². The van der Waals surface area contributed by atoms with Crippen molar-refractivity contribution in [3.8, 4) is 5.69 Å². The highest BCUT2D eigenvalue weighted by Crippen LogP contribution is 2.21. The number of benzene rings is 1. The Hall–Kier alpha value is -2.67. The van der Waals surface area contributed by atoms with E-state index in [9.17, 15) is 0 Å². The van der Waals surface area contributed by atoms with Crippen molar-refractivity contribution in [3.05, 3.63) is 58.9 Å². The highest BCUT2D eigenvalue weighted by molar-refractivity contribution is 5.46. The molecule has 7 heteroatoms. The van der Waals surface area contributed by atoms with E-state index >= 15 is 0 Å². The monoisotopic (exact) mass is 321 g/mol. The van der Waals surface area contributed by atoms with E-state index in [4.69, 9.17) is 0 Å². The zero-order valence-corrected chi connectivity index (χ0v) is 13.8. The van der Waals surface area contributed by atoms with Gasteiger partial charge >= 0.3 is 0 Å². The van der Waals surface area contributed by atoms with E-state index in [-0.39, 0.29) is 0 Å². The van der Waals surface area contributed by atoms with E-state index in [1.807, 2.05) is 10.9 Å². The van der Waals surface area contributed by atoms with Crippen molar-refractivity contribution < 1.29 is 0 Å². The SMILES string of the molecule is Cc1cccc(C)c1-n1nnnc1CN1CCc2cncnc2C1. The predicted molar refractivity (Wildman–Crippen MR) is 88.5 cm³/mol. The van der Waals surface area contributed by atoms with Gasteiger partial charge in [0, 0.05) is 19.3 Å². The Morgan fingerprint density at radius 3 is 2.83 bits per heavy atom. The van der Waals surface area contributed by atoms with E-state index in [0.717, 1.165) is 36.7 Å². The predicted octanol–water partition coefficient (Wildman–Crippen LogP) is 1.63. The number of nitrogens with zero attached hydrogens (tertiary/aromatic N) is 7. The molecule has 7 nitrogen and oxygen atoms in total. The lowest BCUT2D eigenvalue weighted by atomic mass is 10.1. The largest absolute Gasteiger partial charge is 0.290 e. The number of aromatic nitrogens is 6. The number of hydrogen-bond acceptors (Lipinski definition) is 6. The van der Waals surface area contributed by atoms with Gasteiger partial charge in [-0.15, -0.1) is 5.10 Å². The second-order valence-electron chi connectivity index (χ2n) is 6.20. The molecule has 0 N–H and O–H groups in total. The molecule has 1 aliphatic rings. The maximum atomic E-state index is 4.40. The zero-order valence-electron chi connectivity index (χ0n) is 13.8. The summed E-state index contributed by atoms with van der Waals surface area (Å²) in [5, 5.41) is 12.4. The first-order chi connectivity index (χ1) is 11.7. The number of fused-ring (bicyclic) bond motifs is 1. The van der Waals surface area contributed by atoms with Gasteiger partial charge in [-0.3, -0.25) is 4.90 Å². The van der Waals surface area contributed by atoms with Crippen LogP contribution in [-0.2, 0) is 19.5 Å². The first-order valence-corrected chi connectivity index (χ1v) is 8.06. The molecular formula is C17H19N7. The van der Waals surface area contributed by atoms with Crippen LogP contribution in [0.2, 0.25) is 0 Å². The van der Waals surface area contributed by atoms with Gasteiger partial charge in [0.15, 0.2) is 5.82 Å². The van der Waals surface area contributed by atoms with Crippen LogP contribution < -0.4 is 0 Å². The van der Waals surface area contributed by atoms with Crippen LogP contribution in [0, 0.1) is 13.8 Å². The maximum Gasteiger partial charge on any atom is 0.170 e. The van der Waals surface area contributed by atoms with Gasteiger partial charge in [0.1, 0.15) is 6.33 Å². The highest BCUT2D eigenvalue weighted by Gasteiger charge is 2.21. The standard InChI is InChI=1S/C17H19N7/c1-12-4-3-5-13(2)17(12)24-16(20-21-22-24)10-23-7-6-14-8-18-11-19-15(14)9-23/h3-5,8,11H,6-7,9-10H2,1-2H3. The molecule has 0 bridgehead atoms. The Labute approximate surface area is 140 Å². The molecule has 0 saturated heterocycles. The third kappa shape index (κ3) is 2.67. The van der Waals surface area contributed by atoms with E-state index in [1.165, 1.54) is 16.7 Å². The molecule has 0 amide bonds. The lowest BCUT2D eigenvalue weighted by molar-refractivity contribution is 0.233. The molecule has 24 heavy (non-hydrogen) atoms. The van der Waals surface area contributed by atoms with E-state index in [1.54, 1.807) is 6.33 Å². The van der Waals surface area contributed by atoms with Crippen molar-refractivity contribution in [1.82, 2.24) is 35.1 Å². The minimum atomic E-state index is 0.699. The molecule has 3 heterocycles. The Kier molecular flexibility index (Phi) is 3.78. The maximum absolute atomic E-state index is 4.40. The average Bonchev–Trinajstić information content (AvgIpc) is 3.02. The highest BCUT2D eigenvalue weighted by atomic mass is 15.5. The van der Waals surface area contributed by atoms with Crippen molar-refractivity contribution >= 4 is 0 Å². The average molecular weight is 321 g/mol. The molecule has 3 aromatic rings. The molecule has 2 aromatic heterocycles. The fourth-order valence-corrected chi connectivity index (χ4v) is 3.26. The first-order valence-electron chi connectivity index (χ1n) is 8.06. The van der Waals surface area contributed by atoms with Crippen molar-refractivity contribution in [1.29, 1.82) is 0 Å². The van der Waals surface area contributed by atoms with E-state index < -0.39 is 0 Å². The van der Waals surface area contributed by atoms with Crippen LogP contribution in [0.25, 0.3) is 5.69 Å². The van der Waals surface area contributed by atoms with Gasteiger partial charge < -0.3 is 0 Å². The summed E-state index contributed by atoms with van der Waals surface area (Å²) in [6, 6.07) is 6.23. The number of para-hydroxylation sites is 1. The summed E-state index contributed by atoms with van der Waals surface area (Å²) in [5.74, 6) is 0.852. The minimum Gasteiger partial charge on any atom is -0.290 e. The van der Waals surface area contributed by atoms with Gasteiger partial charge in [0.25, 0.3) is 0 Å². The Morgan fingerprint density at radius 2 is 2.00 bits per heavy atom. The Morgan fingerprint density at radius 1 is 1.17 bits per heavy atom. The molecule has 0 spiro atoms. The number of aryl methyl sites for hydroxylation is 2. The van der Waals surface area contributed by atoms with Gasteiger partial charge in [-0.1, -0.05) is 18.2 Å². The molecule has 0 atom stereocenters. The molecule has 0 aliphatic carbocycles. The summed E-state index contributed by atoms with van der Waals surface area (Å²) < 4.78 is 1.86. The normalized spacial score (nSPS) is 14.6. The molecule has 4 rings (SSSR count). The third-order valence-electron chi connectivity index (χ3n) is 4.50. The summed E-state index contributed by atoms with van der Waals surface area (Å²) in [5.41, 5.74) is 5.74. The van der Waals surface area contributed by atoms with Crippen molar-refractivity contribution in [3.63, 3.8) is 0 Å². The fraction of sp³-hybridized carbons (Fsp3) is 0.353. The van der Waals surface area contributed by atoms with Crippen LogP contribution in [0.1, 0.15) is 28.2 Å². The molecule has 0 unspecified atom stereocenters. The number of rotatable bonds is 3. The lowest BCUT2D eigenvalue weighted by Crippen LogP contribution is -2.32.